The van der Waals surface area contributed by atoms with Crippen molar-refractivity contribution in [3.8, 4) is 11.5 Å². The Morgan fingerprint density at radius 3 is 2.57 bits per heavy atom. The quantitative estimate of drug-likeness (QED) is 0.300. The number of guanidine groups is 1. The van der Waals surface area contributed by atoms with Crippen molar-refractivity contribution in [1.29, 1.82) is 0 Å². The van der Waals surface area contributed by atoms with Gasteiger partial charge in [0.1, 0.15) is 23.7 Å². The smallest absolute Gasteiger partial charge is 0.191 e. The van der Waals surface area contributed by atoms with Gasteiger partial charge in [0.25, 0.3) is 0 Å². The summed E-state index contributed by atoms with van der Waals surface area (Å²) < 4.78 is 7.62. The molecule has 0 amide bonds. The second-order valence-corrected chi connectivity index (χ2v) is 5.91. The van der Waals surface area contributed by atoms with Gasteiger partial charge in [-0.15, -0.1) is 24.0 Å². The van der Waals surface area contributed by atoms with E-state index in [9.17, 15) is 0 Å². The molecule has 1 heterocycles. The Labute approximate surface area is 182 Å². The first-order valence-corrected chi connectivity index (χ1v) is 8.91. The molecule has 2 N–H and O–H groups in total. The minimum atomic E-state index is 0. The average Bonchev–Trinajstić information content (AvgIpc) is 3.10. The average molecular weight is 492 g/mol. The molecule has 0 bridgehead atoms. The van der Waals surface area contributed by atoms with E-state index in [1.807, 2.05) is 68.6 Å². The van der Waals surface area contributed by atoms with E-state index in [2.05, 4.69) is 25.7 Å². The van der Waals surface area contributed by atoms with Crippen LogP contribution in [0.5, 0.6) is 11.5 Å². The fraction of sp³-hybridized carbons (Fsp3) is 0.250. The van der Waals surface area contributed by atoms with Gasteiger partial charge in [-0.2, -0.15) is 5.10 Å². The van der Waals surface area contributed by atoms with Crippen LogP contribution in [0.15, 0.2) is 65.9 Å². The first-order valence-electron chi connectivity index (χ1n) is 8.91. The maximum Gasteiger partial charge on any atom is 0.191 e. The summed E-state index contributed by atoms with van der Waals surface area (Å²) in [6.07, 6.45) is 1.54. The Kier molecular flexibility index (Phi) is 8.73. The largest absolute Gasteiger partial charge is 0.457 e. The number of hydrogen-bond donors (Lipinski definition) is 2. The number of hydrogen-bond acceptors (Lipinski definition) is 4. The number of nitrogens with one attached hydrogen (secondary N) is 2. The highest BCUT2D eigenvalue weighted by Crippen LogP contribution is 2.22. The van der Waals surface area contributed by atoms with E-state index in [0.717, 1.165) is 35.4 Å². The van der Waals surface area contributed by atoms with Crippen molar-refractivity contribution < 1.29 is 4.74 Å². The van der Waals surface area contributed by atoms with Gasteiger partial charge >= 0.3 is 0 Å². The highest BCUT2D eigenvalue weighted by molar-refractivity contribution is 14.0. The minimum absolute atomic E-state index is 0. The van der Waals surface area contributed by atoms with E-state index in [0.29, 0.717) is 13.1 Å². The van der Waals surface area contributed by atoms with Crippen LogP contribution in [0.25, 0.3) is 0 Å². The van der Waals surface area contributed by atoms with E-state index in [1.54, 1.807) is 11.0 Å². The Bertz CT molecular complexity index is 881. The lowest BCUT2D eigenvalue weighted by Gasteiger charge is -2.11. The lowest BCUT2D eigenvalue weighted by molar-refractivity contribution is 0.482. The fourth-order valence-corrected chi connectivity index (χ4v) is 2.49. The standard InChI is InChI=1S/C20H24N6O.HI/c1-3-21-20(23-14-19-24-15-25-26(19)2)22-13-16-8-7-11-18(12-16)27-17-9-5-4-6-10-17;/h4-12,15H,3,13-14H2,1-2H3,(H2,21,22,23);1H. The minimum Gasteiger partial charge on any atom is -0.457 e. The molecule has 3 rings (SSSR count). The van der Waals surface area contributed by atoms with Crippen LogP contribution < -0.4 is 15.4 Å². The summed E-state index contributed by atoms with van der Waals surface area (Å²) in [4.78, 5) is 8.85. The lowest BCUT2D eigenvalue weighted by atomic mass is 10.2. The molecule has 0 unspecified atom stereocenters. The molecule has 0 fully saturated rings. The molecule has 0 atom stereocenters. The predicted octanol–water partition coefficient (Wildman–Crippen LogP) is 3.48. The Morgan fingerprint density at radius 1 is 1.07 bits per heavy atom. The molecule has 0 saturated heterocycles. The van der Waals surface area contributed by atoms with E-state index in [-0.39, 0.29) is 24.0 Å². The van der Waals surface area contributed by atoms with Crippen LogP contribution >= 0.6 is 24.0 Å². The van der Waals surface area contributed by atoms with Crippen molar-refractivity contribution in [2.45, 2.75) is 20.0 Å². The third kappa shape index (κ3) is 6.52. The van der Waals surface area contributed by atoms with Gasteiger partial charge in [-0.1, -0.05) is 30.3 Å². The van der Waals surface area contributed by atoms with Crippen LogP contribution in [-0.4, -0.2) is 27.3 Å². The molecule has 2 aromatic carbocycles. The third-order valence-electron chi connectivity index (χ3n) is 3.86. The van der Waals surface area contributed by atoms with Gasteiger partial charge in [-0.05, 0) is 36.8 Å². The molecule has 0 saturated carbocycles. The second kappa shape index (κ2) is 11.3. The molecule has 3 aromatic rings. The zero-order valence-electron chi connectivity index (χ0n) is 16.0. The lowest BCUT2D eigenvalue weighted by Crippen LogP contribution is -2.37. The summed E-state index contributed by atoms with van der Waals surface area (Å²) in [5.41, 5.74) is 1.07. The Hall–Kier alpha value is -2.62. The van der Waals surface area contributed by atoms with Crippen LogP contribution in [0.2, 0.25) is 0 Å². The van der Waals surface area contributed by atoms with Crippen molar-refractivity contribution >= 4 is 29.9 Å². The van der Waals surface area contributed by atoms with Gasteiger partial charge in [-0.25, -0.2) is 9.98 Å². The van der Waals surface area contributed by atoms with Gasteiger partial charge in [0.15, 0.2) is 5.96 Å². The molecule has 7 nitrogen and oxygen atoms in total. The van der Waals surface area contributed by atoms with Gasteiger partial charge in [0.05, 0.1) is 13.1 Å². The van der Waals surface area contributed by atoms with Crippen molar-refractivity contribution in [1.82, 2.24) is 25.4 Å². The number of aliphatic imine (C=N–C) groups is 1. The number of aryl methyl sites for hydroxylation is 1. The molecule has 0 aliphatic carbocycles. The maximum absolute atomic E-state index is 5.89. The van der Waals surface area contributed by atoms with Crippen LogP contribution in [0.4, 0.5) is 0 Å². The Balaban J connectivity index is 0.00000280. The van der Waals surface area contributed by atoms with E-state index < -0.39 is 0 Å². The van der Waals surface area contributed by atoms with Gasteiger partial charge in [0.2, 0.25) is 0 Å². The number of halogens is 1. The normalized spacial score (nSPS) is 10.9. The van der Waals surface area contributed by atoms with Crippen LogP contribution in [-0.2, 0) is 20.1 Å². The zero-order valence-corrected chi connectivity index (χ0v) is 18.3. The molecule has 148 valence electrons. The van der Waals surface area contributed by atoms with E-state index in [1.165, 1.54) is 0 Å². The van der Waals surface area contributed by atoms with Crippen molar-refractivity contribution in [2.75, 3.05) is 6.54 Å². The van der Waals surface area contributed by atoms with Crippen molar-refractivity contribution in [2.24, 2.45) is 12.0 Å². The molecular formula is C20H25IN6O. The molecule has 0 radical (unpaired) electrons. The number of para-hydroxylation sites is 1. The van der Waals surface area contributed by atoms with Gasteiger partial charge in [0, 0.05) is 13.6 Å². The third-order valence-corrected chi connectivity index (χ3v) is 3.86. The number of aromatic nitrogens is 3. The topological polar surface area (TPSA) is 76.4 Å². The molecule has 0 spiro atoms. The summed E-state index contributed by atoms with van der Waals surface area (Å²) >= 11 is 0. The fourth-order valence-electron chi connectivity index (χ4n) is 2.49. The van der Waals surface area contributed by atoms with Crippen molar-refractivity contribution in [3.05, 3.63) is 72.3 Å². The summed E-state index contributed by atoms with van der Waals surface area (Å²) in [5, 5.41) is 10.6. The highest BCUT2D eigenvalue weighted by Gasteiger charge is 2.03. The van der Waals surface area contributed by atoms with Gasteiger partial charge < -0.3 is 15.4 Å². The number of ether oxygens (including phenoxy) is 1. The summed E-state index contributed by atoms with van der Waals surface area (Å²) in [6.45, 7) is 3.91. The molecular weight excluding hydrogens is 467 g/mol. The summed E-state index contributed by atoms with van der Waals surface area (Å²) in [6, 6.07) is 17.7. The maximum atomic E-state index is 5.89. The zero-order chi connectivity index (χ0) is 18.9. The van der Waals surface area contributed by atoms with Crippen LogP contribution in [0.1, 0.15) is 18.3 Å². The molecule has 28 heavy (non-hydrogen) atoms. The van der Waals surface area contributed by atoms with E-state index >= 15 is 0 Å². The summed E-state index contributed by atoms with van der Waals surface area (Å²) in [7, 11) is 1.87. The SMILES string of the molecule is CCNC(=NCc1cccc(Oc2ccccc2)c1)NCc1ncnn1C.I. The predicted molar refractivity (Wildman–Crippen MR) is 121 cm³/mol. The summed E-state index contributed by atoms with van der Waals surface area (Å²) in [5.74, 6) is 3.19. The molecule has 0 aliphatic rings. The van der Waals surface area contributed by atoms with Crippen LogP contribution in [0, 0.1) is 0 Å². The number of benzene rings is 2. The van der Waals surface area contributed by atoms with E-state index in [4.69, 9.17) is 4.74 Å². The molecule has 1 aromatic heterocycles. The first-order chi connectivity index (χ1) is 13.2. The Morgan fingerprint density at radius 2 is 1.86 bits per heavy atom. The monoisotopic (exact) mass is 492 g/mol. The highest BCUT2D eigenvalue weighted by atomic mass is 127. The number of rotatable bonds is 7. The first kappa shape index (κ1) is 21.7. The second-order valence-electron chi connectivity index (χ2n) is 5.91. The molecule has 8 heteroatoms. The number of nitrogens with zero attached hydrogens (tertiary/aromatic N) is 4. The molecule has 0 aliphatic heterocycles. The van der Waals surface area contributed by atoms with Gasteiger partial charge in [-0.3, -0.25) is 4.68 Å². The van der Waals surface area contributed by atoms with Crippen LogP contribution in [0.3, 0.4) is 0 Å². The van der Waals surface area contributed by atoms with Crippen molar-refractivity contribution in [3.63, 3.8) is 0 Å².